The Morgan fingerprint density at radius 3 is 2.40 bits per heavy atom. The molecule has 0 unspecified atom stereocenters. The van der Waals surface area contributed by atoms with E-state index in [1.807, 2.05) is 6.92 Å². The predicted molar refractivity (Wildman–Crippen MR) is 73.6 cm³/mol. The van der Waals surface area contributed by atoms with Crippen molar-refractivity contribution in [2.24, 2.45) is 0 Å². The third kappa shape index (κ3) is 3.10. The average Bonchev–Trinajstić information content (AvgIpc) is 2.18. The highest BCUT2D eigenvalue weighted by Gasteiger charge is 2.20. The molecule has 84 valence electrons. The first-order valence-corrected chi connectivity index (χ1v) is 6.52. The number of ether oxygens (including phenoxy) is 1. The monoisotopic (exact) mass is 318 g/mol. The van der Waals surface area contributed by atoms with Gasteiger partial charge in [0.2, 0.25) is 0 Å². The van der Waals surface area contributed by atoms with Gasteiger partial charge in [0.1, 0.15) is 5.75 Å². The normalized spacial score (nSPS) is 11.5. The van der Waals surface area contributed by atoms with Crippen LogP contribution in [0.5, 0.6) is 5.75 Å². The number of benzene rings is 1. The molecule has 0 atom stereocenters. The molecule has 0 heterocycles. The Bertz CT molecular complexity index is 331. The van der Waals surface area contributed by atoms with Crippen molar-refractivity contribution < 1.29 is 4.74 Å². The van der Waals surface area contributed by atoms with Gasteiger partial charge < -0.3 is 4.74 Å². The second-order valence-corrected chi connectivity index (χ2v) is 5.47. The minimum Gasteiger partial charge on any atom is -0.494 e. The number of hydrogen-bond acceptors (Lipinski definition) is 1. The summed E-state index contributed by atoms with van der Waals surface area (Å²) in [5, 5.41) is 0. The summed E-state index contributed by atoms with van der Waals surface area (Å²) in [7, 11) is 0. The summed E-state index contributed by atoms with van der Waals surface area (Å²) in [6, 6.07) is 6.38. The van der Waals surface area contributed by atoms with Gasteiger partial charge in [-0.05, 0) is 59.0 Å². The third-order valence-electron chi connectivity index (χ3n) is 2.86. The van der Waals surface area contributed by atoms with Crippen LogP contribution in [0.4, 0.5) is 0 Å². The van der Waals surface area contributed by atoms with Crippen molar-refractivity contribution in [1.29, 1.82) is 0 Å². The van der Waals surface area contributed by atoms with Crippen molar-refractivity contribution in [2.45, 2.75) is 39.5 Å². The predicted octanol–water partition coefficient (Wildman–Crippen LogP) is 4.38. The van der Waals surface area contributed by atoms with Gasteiger partial charge in [-0.2, -0.15) is 0 Å². The van der Waals surface area contributed by atoms with Gasteiger partial charge in [-0.15, -0.1) is 0 Å². The Kier molecular flexibility index (Phi) is 4.44. The fourth-order valence-corrected chi connectivity index (χ4v) is 2.71. The van der Waals surface area contributed by atoms with E-state index in [-0.39, 0.29) is 5.41 Å². The van der Waals surface area contributed by atoms with Crippen LogP contribution < -0.4 is 4.74 Å². The summed E-state index contributed by atoms with van der Waals surface area (Å²) in [5.74, 6) is 0.970. The Morgan fingerprint density at radius 1 is 1.27 bits per heavy atom. The largest absolute Gasteiger partial charge is 0.494 e. The molecular weight excluding hydrogens is 299 g/mol. The van der Waals surface area contributed by atoms with Crippen LogP contribution in [0.2, 0.25) is 0 Å². The molecule has 0 spiro atoms. The Hall–Kier alpha value is -0.250. The lowest BCUT2D eigenvalue weighted by Crippen LogP contribution is -2.17. The van der Waals surface area contributed by atoms with Gasteiger partial charge >= 0.3 is 0 Å². The van der Waals surface area contributed by atoms with Gasteiger partial charge in [0.15, 0.2) is 0 Å². The summed E-state index contributed by atoms with van der Waals surface area (Å²) in [5.41, 5.74) is 1.66. The number of hydrogen-bond donors (Lipinski definition) is 0. The third-order valence-corrected chi connectivity index (χ3v) is 3.76. The zero-order valence-corrected chi connectivity index (χ0v) is 12.1. The van der Waals surface area contributed by atoms with Crippen LogP contribution in [-0.2, 0) is 5.41 Å². The fourth-order valence-electron chi connectivity index (χ4n) is 1.49. The summed E-state index contributed by atoms with van der Waals surface area (Å²) in [6.07, 6.45) is 1.15. The number of halogens is 1. The molecular formula is C13H19IO. The van der Waals surface area contributed by atoms with Crippen LogP contribution in [0, 0.1) is 3.57 Å². The second kappa shape index (κ2) is 5.19. The topological polar surface area (TPSA) is 9.23 Å². The van der Waals surface area contributed by atoms with E-state index in [1.54, 1.807) is 0 Å². The summed E-state index contributed by atoms with van der Waals surface area (Å²) in [6.45, 7) is 9.53. The lowest BCUT2D eigenvalue weighted by Gasteiger charge is -2.25. The zero-order chi connectivity index (χ0) is 11.5. The second-order valence-electron chi connectivity index (χ2n) is 4.31. The van der Waals surface area contributed by atoms with Crippen LogP contribution in [0.15, 0.2) is 18.2 Å². The van der Waals surface area contributed by atoms with E-state index in [1.165, 1.54) is 9.13 Å². The molecule has 0 amide bonds. The lowest BCUT2D eigenvalue weighted by molar-refractivity contribution is 0.339. The van der Waals surface area contributed by atoms with Gasteiger partial charge in [0.05, 0.1) is 6.61 Å². The standard InChI is InChI=1S/C13H19IO/c1-5-13(3,4)11-8-7-10(15-6-2)9-12(11)14/h7-9H,5-6H2,1-4H3. The molecule has 0 aromatic heterocycles. The van der Waals surface area contributed by atoms with Crippen LogP contribution in [0.1, 0.15) is 39.7 Å². The first-order chi connectivity index (χ1) is 7.01. The van der Waals surface area contributed by atoms with Gasteiger partial charge in [0, 0.05) is 3.57 Å². The molecule has 0 N–H and O–H groups in total. The first kappa shape index (κ1) is 12.8. The van der Waals surface area contributed by atoms with E-state index in [0.29, 0.717) is 0 Å². The van der Waals surface area contributed by atoms with Crippen molar-refractivity contribution in [3.8, 4) is 5.75 Å². The van der Waals surface area contributed by atoms with Gasteiger partial charge in [0.25, 0.3) is 0 Å². The van der Waals surface area contributed by atoms with E-state index in [9.17, 15) is 0 Å². The van der Waals surface area contributed by atoms with Gasteiger partial charge in [-0.3, -0.25) is 0 Å². The molecule has 0 radical (unpaired) electrons. The Morgan fingerprint density at radius 2 is 1.93 bits per heavy atom. The van der Waals surface area contributed by atoms with Gasteiger partial charge in [-0.25, -0.2) is 0 Å². The minimum absolute atomic E-state index is 0.251. The summed E-state index contributed by atoms with van der Waals surface area (Å²) >= 11 is 2.39. The smallest absolute Gasteiger partial charge is 0.120 e. The van der Waals surface area contributed by atoms with Crippen LogP contribution in [0.25, 0.3) is 0 Å². The van der Waals surface area contributed by atoms with Crippen molar-refractivity contribution in [3.05, 3.63) is 27.3 Å². The highest BCUT2D eigenvalue weighted by Crippen LogP contribution is 2.32. The molecule has 0 bridgehead atoms. The SMILES string of the molecule is CCOc1ccc(C(C)(C)CC)c(I)c1. The quantitative estimate of drug-likeness (QED) is 0.749. The van der Waals surface area contributed by atoms with E-state index in [0.717, 1.165) is 18.8 Å². The first-order valence-electron chi connectivity index (χ1n) is 5.44. The van der Waals surface area contributed by atoms with E-state index < -0.39 is 0 Å². The maximum atomic E-state index is 5.48. The summed E-state index contributed by atoms with van der Waals surface area (Å²) in [4.78, 5) is 0. The molecule has 0 aliphatic rings. The van der Waals surface area contributed by atoms with Crippen LogP contribution in [0.3, 0.4) is 0 Å². The highest BCUT2D eigenvalue weighted by atomic mass is 127. The molecule has 1 aromatic rings. The van der Waals surface area contributed by atoms with Crippen molar-refractivity contribution >= 4 is 22.6 Å². The average molecular weight is 318 g/mol. The molecule has 0 aliphatic carbocycles. The lowest BCUT2D eigenvalue weighted by atomic mass is 9.82. The molecule has 0 fully saturated rings. The Labute approximate surface area is 106 Å². The molecule has 1 nitrogen and oxygen atoms in total. The van der Waals surface area contributed by atoms with E-state index >= 15 is 0 Å². The molecule has 0 saturated carbocycles. The molecule has 0 aliphatic heterocycles. The molecule has 0 saturated heterocycles. The van der Waals surface area contributed by atoms with Gasteiger partial charge in [-0.1, -0.05) is 26.8 Å². The minimum atomic E-state index is 0.251. The van der Waals surface area contributed by atoms with Crippen LogP contribution >= 0.6 is 22.6 Å². The van der Waals surface area contributed by atoms with Crippen molar-refractivity contribution in [2.75, 3.05) is 6.61 Å². The van der Waals surface area contributed by atoms with E-state index in [2.05, 4.69) is 61.6 Å². The molecule has 2 heteroatoms. The fraction of sp³-hybridized carbons (Fsp3) is 0.538. The van der Waals surface area contributed by atoms with E-state index in [4.69, 9.17) is 4.74 Å². The maximum Gasteiger partial charge on any atom is 0.120 e. The zero-order valence-electron chi connectivity index (χ0n) is 9.93. The number of rotatable bonds is 4. The van der Waals surface area contributed by atoms with Crippen molar-refractivity contribution in [1.82, 2.24) is 0 Å². The molecule has 1 rings (SSSR count). The van der Waals surface area contributed by atoms with Crippen LogP contribution in [-0.4, -0.2) is 6.61 Å². The molecule has 15 heavy (non-hydrogen) atoms. The molecule has 1 aromatic carbocycles. The maximum absolute atomic E-state index is 5.48. The Balaban J connectivity index is 3.03. The highest BCUT2D eigenvalue weighted by molar-refractivity contribution is 14.1. The summed E-state index contributed by atoms with van der Waals surface area (Å²) < 4.78 is 6.78. The van der Waals surface area contributed by atoms with Crippen molar-refractivity contribution in [3.63, 3.8) is 0 Å².